The van der Waals surface area contributed by atoms with Gasteiger partial charge >= 0.3 is 0 Å². The maximum Gasteiger partial charge on any atom is 0.261 e. The number of anilines is 2. The lowest BCUT2D eigenvalue weighted by Gasteiger charge is -2.12. The van der Waals surface area contributed by atoms with Gasteiger partial charge in [0.25, 0.3) is 15.9 Å². The summed E-state index contributed by atoms with van der Waals surface area (Å²) in [6.07, 6.45) is 0. The van der Waals surface area contributed by atoms with Crippen LogP contribution in [0.2, 0.25) is 0 Å². The normalized spacial score (nSPS) is 11.1. The molecule has 0 radical (unpaired) electrons. The van der Waals surface area contributed by atoms with Gasteiger partial charge < -0.3 is 5.32 Å². The lowest BCUT2D eigenvalue weighted by molar-refractivity contribution is 0.102. The molecule has 0 fully saturated rings. The van der Waals surface area contributed by atoms with Gasteiger partial charge in [-0.3, -0.25) is 9.52 Å². The molecular weight excluding hydrogens is 372 g/mol. The van der Waals surface area contributed by atoms with Crippen molar-refractivity contribution in [1.29, 1.82) is 0 Å². The number of carbonyl (C=O) groups is 1. The number of amides is 1. The van der Waals surface area contributed by atoms with Crippen molar-refractivity contribution in [2.75, 3.05) is 10.0 Å². The zero-order valence-electron chi connectivity index (χ0n) is 16.0. The molecule has 0 aliphatic rings. The highest BCUT2D eigenvalue weighted by atomic mass is 32.2. The minimum Gasteiger partial charge on any atom is -0.322 e. The molecule has 3 aromatic carbocycles. The van der Waals surface area contributed by atoms with Crippen LogP contribution in [-0.4, -0.2) is 14.3 Å². The van der Waals surface area contributed by atoms with Crippen molar-refractivity contribution in [3.8, 4) is 0 Å². The summed E-state index contributed by atoms with van der Waals surface area (Å²) < 4.78 is 28.1. The standard InChI is InChI=1S/C22H22N2O3S/c1-15-7-10-19(11-8-15)23-22(25)18-5-4-6-20(14-18)28(26,27)24-21-12-9-16(2)13-17(21)3/h4-14,24H,1-3H3,(H,23,25). The van der Waals surface area contributed by atoms with Gasteiger partial charge in [-0.25, -0.2) is 8.42 Å². The molecule has 3 rings (SSSR count). The fraction of sp³-hybridized carbons (Fsp3) is 0.136. The van der Waals surface area contributed by atoms with Crippen molar-refractivity contribution >= 4 is 27.3 Å². The topological polar surface area (TPSA) is 75.3 Å². The van der Waals surface area contributed by atoms with Gasteiger partial charge in [0.1, 0.15) is 0 Å². The van der Waals surface area contributed by atoms with E-state index in [2.05, 4.69) is 10.0 Å². The molecule has 0 bridgehead atoms. The van der Waals surface area contributed by atoms with Crippen LogP contribution in [0, 0.1) is 20.8 Å². The number of carbonyl (C=O) groups excluding carboxylic acids is 1. The molecule has 0 atom stereocenters. The third kappa shape index (κ3) is 4.58. The fourth-order valence-corrected chi connectivity index (χ4v) is 3.95. The predicted molar refractivity (Wildman–Crippen MR) is 112 cm³/mol. The molecule has 1 amide bonds. The summed E-state index contributed by atoms with van der Waals surface area (Å²) in [7, 11) is -3.81. The van der Waals surface area contributed by atoms with Gasteiger partial charge in [-0.05, 0) is 62.7 Å². The Morgan fingerprint density at radius 2 is 1.50 bits per heavy atom. The van der Waals surface area contributed by atoms with Crippen LogP contribution in [0.1, 0.15) is 27.0 Å². The van der Waals surface area contributed by atoms with Crippen LogP contribution in [0.3, 0.4) is 0 Å². The molecule has 6 heteroatoms. The van der Waals surface area contributed by atoms with Gasteiger partial charge in [0.2, 0.25) is 0 Å². The molecule has 5 nitrogen and oxygen atoms in total. The Bertz CT molecular complexity index is 1120. The Balaban J connectivity index is 1.83. The second-order valence-electron chi connectivity index (χ2n) is 6.77. The fourth-order valence-electron chi connectivity index (χ4n) is 2.78. The number of rotatable bonds is 5. The van der Waals surface area contributed by atoms with E-state index in [1.165, 1.54) is 12.1 Å². The number of hydrogen-bond donors (Lipinski definition) is 2. The number of hydrogen-bond acceptors (Lipinski definition) is 3. The van der Waals surface area contributed by atoms with E-state index < -0.39 is 10.0 Å². The van der Waals surface area contributed by atoms with Gasteiger partial charge in [-0.2, -0.15) is 0 Å². The van der Waals surface area contributed by atoms with Crippen molar-refractivity contribution in [3.05, 3.63) is 89.0 Å². The first kappa shape index (κ1) is 19.6. The monoisotopic (exact) mass is 394 g/mol. The molecule has 0 aromatic heterocycles. The number of nitrogens with one attached hydrogen (secondary N) is 2. The Labute approximate surface area is 165 Å². The zero-order chi connectivity index (χ0) is 20.3. The van der Waals surface area contributed by atoms with Crippen LogP contribution in [0.4, 0.5) is 11.4 Å². The summed E-state index contributed by atoms with van der Waals surface area (Å²) >= 11 is 0. The SMILES string of the molecule is Cc1ccc(NC(=O)c2cccc(S(=O)(=O)Nc3ccc(C)cc3C)c2)cc1. The molecule has 144 valence electrons. The van der Waals surface area contributed by atoms with Crippen molar-refractivity contribution in [3.63, 3.8) is 0 Å². The summed E-state index contributed by atoms with van der Waals surface area (Å²) in [4.78, 5) is 12.5. The smallest absolute Gasteiger partial charge is 0.261 e. The molecule has 0 aliphatic carbocycles. The molecular formula is C22H22N2O3S. The Hall–Kier alpha value is -3.12. The van der Waals surface area contributed by atoms with E-state index in [0.717, 1.165) is 16.7 Å². The van der Waals surface area contributed by atoms with E-state index >= 15 is 0 Å². The average molecular weight is 394 g/mol. The van der Waals surface area contributed by atoms with Crippen LogP contribution >= 0.6 is 0 Å². The highest BCUT2D eigenvalue weighted by Crippen LogP contribution is 2.21. The van der Waals surface area contributed by atoms with E-state index in [-0.39, 0.29) is 16.4 Å². The molecule has 3 aromatic rings. The minimum absolute atomic E-state index is 0.0315. The zero-order valence-corrected chi connectivity index (χ0v) is 16.8. The molecule has 2 N–H and O–H groups in total. The number of sulfonamides is 1. The average Bonchev–Trinajstić information content (AvgIpc) is 2.66. The molecule has 0 spiro atoms. The van der Waals surface area contributed by atoms with Crippen LogP contribution in [-0.2, 0) is 10.0 Å². The van der Waals surface area contributed by atoms with Crippen LogP contribution in [0.5, 0.6) is 0 Å². The van der Waals surface area contributed by atoms with Crippen molar-refractivity contribution in [2.24, 2.45) is 0 Å². The first-order chi connectivity index (χ1) is 13.2. The maximum atomic E-state index is 12.8. The van der Waals surface area contributed by atoms with Crippen LogP contribution < -0.4 is 10.0 Å². The first-order valence-corrected chi connectivity index (χ1v) is 10.3. The van der Waals surface area contributed by atoms with Gasteiger partial charge in [-0.1, -0.05) is 41.5 Å². The lowest BCUT2D eigenvalue weighted by Crippen LogP contribution is -2.16. The van der Waals surface area contributed by atoms with Crippen LogP contribution in [0.25, 0.3) is 0 Å². The summed E-state index contributed by atoms with van der Waals surface area (Å²) in [5.41, 5.74) is 4.40. The highest BCUT2D eigenvalue weighted by molar-refractivity contribution is 7.92. The molecule has 0 saturated heterocycles. The van der Waals surface area contributed by atoms with E-state index in [4.69, 9.17) is 0 Å². The third-order valence-corrected chi connectivity index (χ3v) is 5.71. The second-order valence-corrected chi connectivity index (χ2v) is 8.45. The van der Waals surface area contributed by atoms with Crippen LogP contribution in [0.15, 0.2) is 71.6 Å². The van der Waals surface area contributed by atoms with Gasteiger partial charge in [0.05, 0.1) is 10.6 Å². The second kappa shape index (κ2) is 7.86. The van der Waals surface area contributed by atoms with E-state index in [1.54, 1.807) is 30.3 Å². The van der Waals surface area contributed by atoms with Gasteiger partial charge in [0.15, 0.2) is 0 Å². The Morgan fingerprint density at radius 3 is 2.18 bits per heavy atom. The van der Waals surface area contributed by atoms with E-state index in [1.807, 2.05) is 45.0 Å². The van der Waals surface area contributed by atoms with Crippen molar-refractivity contribution in [2.45, 2.75) is 25.7 Å². The quantitative estimate of drug-likeness (QED) is 0.661. The summed E-state index contributed by atoms with van der Waals surface area (Å²) in [5.74, 6) is -0.368. The van der Waals surface area contributed by atoms with E-state index in [0.29, 0.717) is 11.4 Å². The van der Waals surface area contributed by atoms with Crippen molar-refractivity contribution < 1.29 is 13.2 Å². The molecule has 28 heavy (non-hydrogen) atoms. The number of aryl methyl sites for hydroxylation is 3. The van der Waals surface area contributed by atoms with Gasteiger partial charge in [0, 0.05) is 11.3 Å². The highest BCUT2D eigenvalue weighted by Gasteiger charge is 2.17. The largest absolute Gasteiger partial charge is 0.322 e. The summed E-state index contributed by atoms with van der Waals surface area (Å²) in [6, 6.07) is 18.8. The third-order valence-electron chi connectivity index (χ3n) is 4.34. The van der Waals surface area contributed by atoms with E-state index in [9.17, 15) is 13.2 Å². The first-order valence-electron chi connectivity index (χ1n) is 8.83. The number of benzene rings is 3. The summed E-state index contributed by atoms with van der Waals surface area (Å²) in [6.45, 7) is 5.75. The summed E-state index contributed by atoms with van der Waals surface area (Å²) in [5, 5.41) is 2.77. The Kier molecular flexibility index (Phi) is 5.51. The van der Waals surface area contributed by atoms with Crippen molar-refractivity contribution in [1.82, 2.24) is 0 Å². The Morgan fingerprint density at radius 1 is 0.821 bits per heavy atom. The molecule has 0 aliphatic heterocycles. The molecule has 0 heterocycles. The maximum absolute atomic E-state index is 12.8. The predicted octanol–water partition coefficient (Wildman–Crippen LogP) is 4.66. The molecule has 0 unspecified atom stereocenters. The molecule has 0 saturated carbocycles. The lowest BCUT2D eigenvalue weighted by atomic mass is 10.1. The van der Waals surface area contributed by atoms with Gasteiger partial charge in [-0.15, -0.1) is 0 Å². The minimum atomic E-state index is -3.81.